The molecular formula is C23H27F2N5O2. The number of aromatic nitrogens is 4. The van der Waals surface area contributed by atoms with E-state index < -0.39 is 11.8 Å². The van der Waals surface area contributed by atoms with Crippen molar-refractivity contribution in [1.29, 1.82) is 0 Å². The monoisotopic (exact) mass is 443 g/mol. The molecule has 4 rings (SSSR count). The van der Waals surface area contributed by atoms with Gasteiger partial charge in [0.05, 0.1) is 18.9 Å². The Kier molecular flexibility index (Phi) is 6.62. The quantitative estimate of drug-likeness (QED) is 0.521. The molecule has 1 aliphatic carbocycles. The number of carbonyl (C=O) groups excluding carboxylic acids is 1. The second kappa shape index (κ2) is 9.58. The van der Waals surface area contributed by atoms with Crippen LogP contribution >= 0.6 is 0 Å². The molecule has 0 saturated heterocycles. The Hall–Kier alpha value is -3.10. The summed E-state index contributed by atoms with van der Waals surface area (Å²) >= 11 is 0. The number of hydrogen-bond donors (Lipinski definition) is 1. The molecule has 0 spiro atoms. The molecule has 0 aliphatic heterocycles. The summed E-state index contributed by atoms with van der Waals surface area (Å²) in [5, 5.41) is 14.8. The van der Waals surface area contributed by atoms with Gasteiger partial charge in [-0.2, -0.15) is 0 Å². The average molecular weight is 443 g/mol. The summed E-state index contributed by atoms with van der Waals surface area (Å²) in [6, 6.07) is 7.17. The van der Waals surface area contributed by atoms with Crippen LogP contribution in [0.3, 0.4) is 0 Å². The van der Waals surface area contributed by atoms with Gasteiger partial charge in [0.25, 0.3) is 11.8 Å². The third kappa shape index (κ3) is 5.20. The molecule has 1 aromatic carbocycles. The topological polar surface area (TPSA) is 85.8 Å². The minimum atomic E-state index is -2.65. The van der Waals surface area contributed by atoms with E-state index in [1.807, 2.05) is 13.0 Å². The van der Waals surface area contributed by atoms with E-state index >= 15 is 0 Å². The van der Waals surface area contributed by atoms with E-state index in [1.54, 1.807) is 30.6 Å². The van der Waals surface area contributed by atoms with Crippen molar-refractivity contribution >= 4 is 5.91 Å². The van der Waals surface area contributed by atoms with Gasteiger partial charge in [0, 0.05) is 42.5 Å². The van der Waals surface area contributed by atoms with Crippen LogP contribution < -0.4 is 5.32 Å². The van der Waals surface area contributed by atoms with Crippen molar-refractivity contribution in [3.05, 3.63) is 53.5 Å². The molecule has 1 aliphatic rings. The largest absolute Gasteiger partial charge is 0.361 e. The summed E-state index contributed by atoms with van der Waals surface area (Å²) in [5.41, 5.74) is 2.86. The fourth-order valence-electron chi connectivity index (χ4n) is 4.16. The molecule has 2 heterocycles. The normalized spacial score (nSPS) is 17.9. The first-order valence-electron chi connectivity index (χ1n) is 11.0. The Morgan fingerprint density at radius 2 is 2.19 bits per heavy atom. The van der Waals surface area contributed by atoms with Crippen LogP contribution in [0.2, 0.25) is 0 Å². The zero-order valence-corrected chi connectivity index (χ0v) is 18.1. The summed E-state index contributed by atoms with van der Waals surface area (Å²) in [6.07, 6.45) is 6.61. The second-order valence-corrected chi connectivity index (χ2v) is 8.40. The molecule has 1 atom stereocenters. The van der Waals surface area contributed by atoms with Gasteiger partial charge in [-0.1, -0.05) is 22.9 Å². The van der Waals surface area contributed by atoms with Crippen LogP contribution in [0.15, 0.2) is 41.2 Å². The molecule has 0 bridgehead atoms. The molecule has 7 nitrogen and oxygen atoms in total. The van der Waals surface area contributed by atoms with Gasteiger partial charge in [0.2, 0.25) is 0 Å². The average Bonchev–Trinajstić information content (AvgIpc) is 3.45. The van der Waals surface area contributed by atoms with Crippen molar-refractivity contribution in [2.24, 2.45) is 5.92 Å². The number of amides is 1. The highest BCUT2D eigenvalue weighted by molar-refractivity contribution is 5.95. The smallest absolute Gasteiger partial charge is 0.252 e. The molecule has 0 radical (unpaired) electrons. The molecule has 32 heavy (non-hydrogen) atoms. The third-order valence-corrected chi connectivity index (χ3v) is 6.00. The van der Waals surface area contributed by atoms with Gasteiger partial charge in [0.1, 0.15) is 11.5 Å². The zero-order chi connectivity index (χ0) is 22.6. The maximum atomic E-state index is 14.1. The fourth-order valence-corrected chi connectivity index (χ4v) is 4.16. The van der Waals surface area contributed by atoms with Crippen LogP contribution in [0.4, 0.5) is 8.78 Å². The molecule has 3 aromatic rings. The Bertz CT molecular complexity index is 1050. The Morgan fingerprint density at radius 1 is 1.31 bits per heavy atom. The number of aryl methyl sites for hydroxylation is 2. The number of hydrogen-bond acceptors (Lipinski definition) is 5. The van der Waals surface area contributed by atoms with Crippen molar-refractivity contribution in [1.82, 2.24) is 25.5 Å². The van der Waals surface area contributed by atoms with Crippen molar-refractivity contribution in [2.45, 2.75) is 57.9 Å². The number of rotatable bonds is 8. The van der Waals surface area contributed by atoms with Gasteiger partial charge < -0.3 is 9.84 Å². The van der Waals surface area contributed by atoms with E-state index in [0.717, 1.165) is 29.7 Å². The van der Waals surface area contributed by atoms with Gasteiger partial charge >= 0.3 is 0 Å². The summed E-state index contributed by atoms with van der Waals surface area (Å²) in [7, 11) is 0. The molecule has 170 valence electrons. The maximum Gasteiger partial charge on any atom is 0.252 e. The minimum Gasteiger partial charge on any atom is -0.361 e. The molecule has 9 heteroatoms. The van der Waals surface area contributed by atoms with E-state index in [1.165, 1.54) is 4.68 Å². The highest BCUT2D eigenvalue weighted by atomic mass is 19.3. The fraction of sp³-hybridized carbons (Fsp3) is 0.478. The van der Waals surface area contributed by atoms with E-state index in [0.29, 0.717) is 37.1 Å². The van der Waals surface area contributed by atoms with Crippen molar-refractivity contribution in [2.75, 3.05) is 6.54 Å². The first-order chi connectivity index (χ1) is 15.4. The van der Waals surface area contributed by atoms with E-state index in [2.05, 4.69) is 20.8 Å². The van der Waals surface area contributed by atoms with E-state index in [-0.39, 0.29) is 18.9 Å². The van der Waals surface area contributed by atoms with Crippen molar-refractivity contribution in [3.63, 3.8) is 0 Å². The lowest BCUT2D eigenvalue weighted by Gasteiger charge is -2.30. The second-order valence-electron chi connectivity index (χ2n) is 8.40. The molecule has 1 fully saturated rings. The van der Waals surface area contributed by atoms with Crippen molar-refractivity contribution in [3.8, 4) is 11.3 Å². The molecule has 1 saturated carbocycles. The van der Waals surface area contributed by atoms with Gasteiger partial charge in [-0.25, -0.2) is 8.78 Å². The summed E-state index contributed by atoms with van der Waals surface area (Å²) < 4.78 is 34.8. The predicted molar refractivity (Wildman–Crippen MR) is 114 cm³/mol. The van der Waals surface area contributed by atoms with E-state index in [4.69, 9.17) is 4.52 Å². The highest BCUT2D eigenvalue weighted by Gasteiger charge is 2.41. The predicted octanol–water partition coefficient (Wildman–Crippen LogP) is 4.43. The molecular weight excluding hydrogens is 416 g/mol. The maximum absolute atomic E-state index is 14.1. The number of nitrogens with zero attached hydrogens (tertiary/aromatic N) is 4. The summed E-state index contributed by atoms with van der Waals surface area (Å²) in [5.74, 6) is -2.72. The van der Waals surface area contributed by atoms with Gasteiger partial charge in [-0.05, 0) is 43.9 Å². The number of carbonyl (C=O) groups is 1. The molecule has 1 amide bonds. The SMILES string of the molecule is Cc1cc(C(=O)NCCCc2ccno2)ccc1-c1cn(CC2CCCCC2(F)F)nn1. The van der Waals surface area contributed by atoms with E-state index in [9.17, 15) is 13.6 Å². The van der Waals surface area contributed by atoms with Crippen LogP contribution in [-0.2, 0) is 13.0 Å². The van der Waals surface area contributed by atoms with Crippen LogP contribution in [0.25, 0.3) is 11.3 Å². The number of alkyl halides is 2. The van der Waals surface area contributed by atoms with Crippen molar-refractivity contribution < 1.29 is 18.1 Å². The zero-order valence-electron chi connectivity index (χ0n) is 18.1. The van der Waals surface area contributed by atoms with Crippen LogP contribution in [-0.4, -0.2) is 38.5 Å². The Labute approximate surface area is 185 Å². The van der Waals surface area contributed by atoms with Crippen LogP contribution in [0, 0.1) is 12.8 Å². The molecule has 1 unspecified atom stereocenters. The Balaban J connectivity index is 1.35. The first-order valence-corrected chi connectivity index (χ1v) is 11.0. The molecule has 1 N–H and O–H groups in total. The Morgan fingerprint density at radius 3 is 2.94 bits per heavy atom. The number of nitrogens with one attached hydrogen (secondary N) is 1. The first kappa shape index (κ1) is 22.1. The van der Waals surface area contributed by atoms with Gasteiger partial charge in [-0.3, -0.25) is 9.48 Å². The lowest BCUT2D eigenvalue weighted by Crippen LogP contribution is -2.34. The van der Waals surface area contributed by atoms with Crippen LogP contribution in [0.5, 0.6) is 0 Å². The summed E-state index contributed by atoms with van der Waals surface area (Å²) in [4.78, 5) is 12.4. The van der Waals surface area contributed by atoms with Crippen LogP contribution in [0.1, 0.15) is 53.8 Å². The third-order valence-electron chi connectivity index (χ3n) is 6.00. The lowest BCUT2D eigenvalue weighted by atomic mass is 9.85. The van der Waals surface area contributed by atoms with Gasteiger partial charge in [0.15, 0.2) is 0 Å². The molecule has 2 aromatic heterocycles. The summed E-state index contributed by atoms with van der Waals surface area (Å²) in [6.45, 7) is 2.58. The standard InChI is InChI=1S/C23H27F2N5O2/c1-16-13-17(22(31)26-11-4-6-19-9-12-27-32-19)7-8-20(16)21-15-30(29-28-21)14-18-5-2-3-10-23(18,24)25/h7-9,12-13,15,18H,2-6,10-11,14H2,1H3,(H,26,31). The minimum absolute atomic E-state index is 0.0537. The number of benzene rings is 1. The highest BCUT2D eigenvalue weighted by Crippen LogP contribution is 2.39. The van der Waals surface area contributed by atoms with Gasteiger partial charge in [-0.15, -0.1) is 5.10 Å². The lowest BCUT2D eigenvalue weighted by molar-refractivity contribution is -0.0920. The number of halogens is 2.